The van der Waals surface area contributed by atoms with E-state index >= 15 is 0 Å². The molecule has 1 aromatic rings. The summed E-state index contributed by atoms with van der Waals surface area (Å²) in [4.78, 5) is 27.8. The Hall–Kier alpha value is -3.00. The molecule has 0 saturated heterocycles. The van der Waals surface area contributed by atoms with Gasteiger partial charge in [-0.1, -0.05) is 84.5 Å². The number of carboxylic acids is 2. The molecule has 45 heavy (non-hydrogen) atoms. The largest absolute Gasteiger partial charge is 0.478 e. The maximum Gasteiger partial charge on any atom is 0.334 e. The molecule has 0 fully saturated rings. The van der Waals surface area contributed by atoms with Crippen LogP contribution in [-0.4, -0.2) is 45.8 Å². The van der Waals surface area contributed by atoms with Crippen LogP contribution in [0.2, 0.25) is 0 Å². The van der Waals surface area contributed by atoms with Crippen LogP contribution < -0.4 is 11.5 Å². The van der Waals surface area contributed by atoms with Gasteiger partial charge in [0.2, 0.25) is 0 Å². The van der Waals surface area contributed by atoms with Gasteiger partial charge in [-0.3, -0.25) is 0 Å². The summed E-state index contributed by atoms with van der Waals surface area (Å²) in [6, 6.07) is 3.42. The SMILES string of the molecule is CCCCCCCCCCCCCC(Cc1c(N)cc(N)cc1C1(CC)C(C(=O)O)=C(C)N(CC)C(C)=C1C(=O)O)OC(C)C. The minimum Gasteiger partial charge on any atom is -0.478 e. The molecule has 0 aromatic heterocycles. The summed E-state index contributed by atoms with van der Waals surface area (Å²) in [5, 5.41) is 21.3. The molecule has 6 N–H and O–H groups in total. The number of nitrogen functional groups attached to an aromatic ring is 2. The molecule has 0 aliphatic carbocycles. The molecule has 1 aromatic carbocycles. The number of anilines is 2. The van der Waals surface area contributed by atoms with E-state index in [4.69, 9.17) is 16.2 Å². The Morgan fingerprint density at radius 3 is 1.73 bits per heavy atom. The van der Waals surface area contributed by atoms with Gasteiger partial charge in [0, 0.05) is 35.7 Å². The summed E-state index contributed by atoms with van der Waals surface area (Å²) in [7, 11) is 0. The Balaban J connectivity index is 2.43. The van der Waals surface area contributed by atoms with Crippen molar-refractivity contribution >= 4 is 23.3 Å². The third kappa shape index (κ3) is 9.50. The standard InChI is InChI=1S/C37H61N3O5/c1-8-11-12-13-14-15-16-17-18-19-20-21-29(45-25(4)5)24-30-31(22-28(38)23-32(30)39)37(9-2)33(35(41)42)26(6)40(10-3)27(7)34(37)36(43)44/h22-23,25,29H,8-21,24,38-39H2,1-7H3,(H,41,42)(H,43,44). The summed E-state index contributed by atoms with van der Waals surface area (Å²) < 4.78 is 6.41. The van der Waals surface area contributed by atoms with Gasteiger partial charge in [0.15, 0.2) is 0 Å². The first-order valence-corrected chi connectivity index (χ1v) is 17.4. The van der Waals surface area contributed by atoms with E-state index in [-0.39, 0.29) is 29.8 Å². The van der Waals surface area contributed by atoms with E-state index in [1.807, 2.05) is 27.7 Å². The van der Waals surface area contributed by atoms with Crippen LogP contribution in [0.3, 0.4) is 0 Å². The average molecular weight is 628 g/mol. The lowest BCUT2D eigenvalue weighted by Gasteiger charge is -2.45. The lowest BCUT2D eigenvalue weighted by molar-refractivity contribution is -0.134. The van der Waals surface area contributed by atoms with Crippen molar-refractivity contribution in [1.29, 1.82) is 0 Å². The van der Waals surface area contributed by atoms with Crippen LogP contribution in [0.5, 0.6) is 0 Å². The lowest BCUT2D eigenvalue weighted by atomic mass is 9.62. The first-order chi connectivity index (χ1) is 21.4. The van der Waals surface area contributed by atoms with E-state index in [2.05, 4.69) is 6.92 Å². The lowest BCUT2D eigenvalue weighted by Crippen LogP contribution is -2.46. The summed E-state index contributed by atoms with van der Waals surface area (Å²) in [6.45, 7) is 14.0. The summed E-state index contributed by atoms with van der Waals surface area (Å²) in [5.41, 5.74) is 14.8. The highest BCUT2D eigenvalue weighted by atomic mass is 16.5. The fraction of sp³-hybridized carbons (Fsp3) is 0.676. The Morgan fingerprint density at radius 1 is 0.822 bits per heavy atom. The number of carbonyl (C=O) groups is 2. The molecular formula is C37H61N3O5. The van der Waals surface area contributed by atoms with Crippen LogP contribution in [0, 0.1) is 0 Å². The Kier molecular flexibility index (Phi) is 15.5. The number of aliphatic carboxylic acids is 2. The van der Waals surface area contributed by atoms with E-state index in [9.17, 15) is 19.8 Å². The number of benzene rings is 1. The fourth-order valence-electron chi connectivity index (χ4n) is 7.42. The number of unbranched alkanes of at least 4 members (excludes halogenated alkanes) is 10. The second-order valence-corrected chi connectivity index (χ2v) is 13.0. The van der Waals surface area contributed by atoms with Gasteiger partial charge in [0.05, 0.1) is 28.8 Å². The quantitative estimate of drug-likeness (QED) is 0.0785. The molecule has 2 rings (SSSR count). The molecular weight excluding hydrogens is 566 g/mol. The number of carboxylic acid groups (broad SMARTS) is 2. The van der Waals surface area contributed by atoms with Crippen molar-refractivity contribution in [2.45, 2.75) is 156 Å². The minimum absolute atomic E-state index is 0.0115. The molecule has 254 valence electrons. The Labute approximate surface area is 272 Å². The topological polar surface area (TPSA) is 139 Å². The van der Waals surface area contributed by atoms with E-state index in [0.717, 1.165) is 19.3 Å². The van der Waals surface area contributed by atoms with Crippen molar-refractivity contribution < 1.29 is 24.5 Å². The number of nitrogens with zero attached hydrogens (tertiary/aromatic N) is 1. The second kappa shape index (κ2) is 18.2. The maximum absolute atomic E-state index is 13.0. The second-order valence-electron chi connectivity index (χ2n) is 13.0. The molecule has 1 aliphatic heterocycles. The first kappa shape index (κ1) is 38.2. The molecule has 8 heteroatoms. The molecule has 0 radical (unpaired) electrons. The predicted octanol–water partition coefficient (Wildman–Crippen LogP) is 8.59. The van der Waals surface area contributed by atoms with Crippen LogP contribution in [0.25, 0.3) is 0 Å². The molecule has 1 unspecified atom stereocenters. The van der Waals surface area contributed by atoms with Crippen molar-refractivity contribution in [3.63, 3.8) is 0 Å². The molecule has 8 nitrogen and oxygen atoms in total. The summed E-state index contributed by atoms with van der Waals surface area (Å²) in [6.07, 6.45) is 15.2. The maximum atomic E-state index is 13.0. The van der Waals surface area contributed by atoms with Crippen molar-refractivity contribution in [2.75, 3.05) is 18.0 Å². The summed E-state index contributed by atoms with van der Waals surface area (Å²) in [5.74, 6) is -2.30. The van der Waals surface area contributed by atoms with Gasteiger partial charge in [0.1, 0.15) is 0 Å². The normalized spacial score (nSPS) is 15.7. The zero-order valence-corrected chi connectivity index (χ0v) is 29.1. The number of hydrogen-bond donors (Lipinski definition) is 4. The van der Waals surface area contributed by atoms with E-state index in [0.29, 0.717) is 46.9 Å². The molecule has 1 aliphatic rings. The minimum atomic E-state index is -1.45. The highest BCUT2D eigenvalue weighted by Gasteiger charge is 2.52. The zero-order chi connectivity index (χ0) is 33.7. The van der Waals surface area contributed by atoms with Crippen LogP contribution in [0.1, 0.15) is 143 Å². The molecule has 1 heterocycles. The molecule has 1 atom stereocenters. The van der Waals surface area contributed by atoms with Crippen LogP contribution >= 0.6 is 0 Å². The van der Waals surface area contributed by atoms with E-state index in [1.54, 1.807) is 30.9 Å². The number of rotatable bonds is 21. The van der Waals surface area contributed by atoms with Crippen LogP contribution in [0.15, 0.2) is 34.7 Å². The Bertz CT molecular complexity index is 1160. The van der Waals surface area contributed by atoms with Crippen molar-refractivity contribution in [1.82, 2.24) is 4.90 Å². The van der Waals surface area contributed by atoms with Gasteiger partial charge >= 0.3 is 11.9 Å². The van der Waals surface area contributed by atoms with Crippen molar-refractivity contribution in [3.05, 3.63) is 45.8 Å². The number of nitrogens with two attached hydrogens (primary N) is 2. The fourth-order valence-corrected chi connectivity index (χ4v) is 7.42. The molecule has 0 saturated carbocycles. The van der Waals surface area contributed by atoms with Crippen LogP contribution in [-0.2, 0) is 26.2 Å². The van der Waals surface area contributed by atoms with Gasteiger partial charge in [0.25, 0.3) is 0 Å². The predicted molar refractivity (Wildman–Crippen MR) is 185 cm³/mol. The van der Waals surface area contributed by atoms with Gasteiger partial charge in [-0.05, 0) is 70.7 Å². The highest BCUT2D eigenvalue weighted by molar-refractivity contribution is 6.01. The third-order valence-corrected chi connectivity index (χ3v) is 9.45. The zero-order valence-electron chi connectivity index (χ0n) is 29.1. The van der Waals surface area contributed by atoms with Gasteiger partial charge in [-0.25, -0.2) is 9.59 Å². The van der Waals surface area contributed by atoms with Gasteiger partial charge in [-0.15, -0.1) is 0 Å². The van der Waals surface area contributed by atoms with Crippen LogP contribution in [0.4, 0.5) is 11.4 Å². The molecule has 0 amide bonds. The number of hydrogen-bond acceptors (Lipinski definition) is 6. The first-order valence-electron chi connectivity index (χ1n) is 17.4. The molecule has 0 bridgehead atoms. The van der Waals surface area contributed by atoms with E-state index in [1.165, 1.54) is 57.8 Å². The van der Waals surface area contributed by atoms with Crippen molar-refractivity contribution in [3.8, 4) is 0 Å². The number of ether oxygens (including phenoxy) is 1. The third-order valence-electron chi connectivity index (χ3n) is 9.45. The van der Waals surface area contributed by atoms with Gasteiger partial charge < -0.3 is 31.3 Å². The average Bonchev–Trinajstić information content (AvgIpc) is 2.95. The van der Waals surface area contributed by atoms with Crippen molar-refractivity contribution in [2.24, 2.45) is 0 Å². The monoisotopic (exact) mass is 627 g/mol. The number of allylic oxidation sites excluding steroid dienone is 2. The Morgan fingerprint density at radius 2 is 1.31 bits per heavy atom. The van der Waals surface area contributed by atoms with E-state index < -0.39 is 17.4 Å². The van der Waals surface area contributed by atoms with Gasteiger partial charge in [-0.2, -0.15) is 0 Å². The smallest absolute Gasteiger partial charge is 0.334 e. The highest BCUT2D eigenvalue weighted by Crippen LogP contribution is 2.52. The summed E-state index contributed by atoms with van der Waals surface area (Å²) >= 11 is 0. The molecule has 0 spiro atoms.